The normalized spacial score (nSPS) is 9.60. The van der Waals surface area contributed by atoms with Gasteiger partial charge in [0.05, 0.1) is 0 Å². The average Bonchev–Trinajstić information content (AvgIpc) is 2.48. The summed E-state index contributed by atoms with van der Waals surface area (Å²) in [5, 5.41) is 14.3. The molecule has 0 aliphatic rings. The van der Waals surface area contributed by atoms with Crippen molar-refractivity contribution in [2.75, 3.05) is 11.9 Å². The van der Waals surface area contributed by atoms with Crippen molar-refractivity contribution in [2.45, 2.75) is 0 Å². The van der Waals surface area contributed by atoms with Gasteiger partial charge in [-0.1, -0.05) is 24.3 Å². The Hall–Kier alpha value is -2.47. The Morgan fingerprint density at radius 1 is 1.20 bits per heavy atom. The van der Waals surface area contributed by atoms with Crippen LogP contribution in [0, 0.1) is 0 Å². The Bertz CT molecular complexity index is 571. The maximum atomic E-state index is 5.54. The summed E-state index contributed by atoms with van der Waals surface area (Å²) >= 11 is 5.07. The second-order valence-electron chi connectivity index (χ2n) is 3.80. The molecule has 0 unspecified atom stereocenters. The van der Waals surface area contributed by atoms with Crippen LogP contribution in [0.3, 0.4) is 0 Å². The summed E-state index contributed by atoms with van der Waals surface area (Å²) in [7, 11) is 0. The van der Waals surface area contributed by atoms with Gasteiger partial charge >= 0.3 is 0 Å². The quantitative estimate of drug-likeness (QED) is 0.651. The Balaban J connectivity index is 1.93. The topological polar surface area (TPSA) is 59.1 Å². The predicted octanol–water partition coefficient (Wildman–Crippen LogP) is 2.74. The molecule has 0 saturated heterocycles. The summed E-state index contributed by atoms with van der Waals surface area (Å²) in [5.41, 5.74) is 0. The number of rotatable bonds is 5. The first-order chi connectivity index (χ1) is 9.78. The lowest BCUT2D eigenvalue weighted by molar-refractivity contribution is 0.455. The molecule has 0 aliphatic carbocycles. The number of hydrogen-bond acceptors (Lipinski definition) is 4. The molecule has 0 atom stereocenters. The predicted molar refractivity (Wildman–Crippen MR) is 83.0 cm³/mol. The number of ether oxygens (including phenoxy) is 1. The molecular weight excluding hydrogens is 272 g/mol. The molecule has 0 amide bonds. The highest BCUT2D eigenvalue weighted by Gasteiger charge is 2.01. The highest BCUT2D eigenvalue weighted by molar-refractivity contribution is 7.80. The molecule has 2 rings (SSSR count). The van der Waals surface area contributed by atoms with E-state index in [2.05, 4.69) is 27.4 Å². The van der Waals surface area contributed by atoms with Crippen molar-refractivity contribution in [3.05, 3.63) is 55.1 Å². The molecule has 2 N–H and O–H groups in total. The number of thiocarbonyl (C=S) groups is 1. The fraction of sp³-hybridized carbons (Fsp3) is 0.0714. The molecule has 2 aromatic rings. The summed E-state index contributed by atoms with van der Waals surface area (Å²) in [6.45, 7) is 4.19. The van der Waals surface area contributed by atoms with Crippen LogP contribution in [0.4, 0.5) is 5.82 Å². The van der Waals surface area contributed by atoms with Gasteiger partial charge in [-0.2, -0.15) is 0 Å². The first kappa shape index (κ1) is 14.0. The largest absolute Gasteiger partial charge is 0.438 e. The molecule has 0 radical (unpaired) electrons. The smallest absolute Gasteiger partial charge is 0.238 e. The fourth-order valence-electron chi connectivity index (χ4n) is 1.38. The van der Waals surface area contributed by atoms with Crippen molar-refractivity contribution in [1.29, 1.82) is 0 Å². The zero-order valence-corrected chi connectivity index (χ0v) is 11.6. The molecule has 0 fully saturated rings. The molecular formula is C14H14N4OS. The van der Waals surface area contributed by atoms with Gasteiger partial charge < -0.3 is 15.4 Å². The van der Waals surface area contributed by atoms with Crippen LogP contribution in [0.2, 0.25) is 0 Å². The van der Waals surface area contributed by atoms with E-state index in [9.17, 15) is 0 Å². The molecule has 0 aliphatic heterocycles. The molecule has 1 aromatic carbocycles. The monoisotopic (exact) mass is 286 g/mol. The summed E-state index contributed by atoms with van der Waals surface area (Å²) in [6, 6.07) is 12.9. The number of benzene rings is 1. The highest BCUT2D eigenvalue weighted by Crippen LogP contribution is 2.18. The second kappa shape index (κ2) is 7.20. The molecule has 0 saturated carbocycles. The van der Waals surface area contributed by atoms with Gasteiger partial charge in [-0.05, 0) is 30.4 Å². The minimum atomic E-state index is 0.423. The van der Waals surface area contributed by atoms with E-state index in [1.165, 1.54) is 0 Å². The third-order valence-corrected chi connectivity index (χ3v) is 2.50. The zero-order chi connectivity index (χ0) is 14.2. The minimum absolute atomic E-state index is 0.423. The Kier molecular flexibility index (Phi) is 5.02. The first-order valence-electron chi connectivity index (χ1n) is 6.00. The van der Waals surface area contributed by atoms with E-state index in [1.807, 2.05) is 30.3 Å². The molecule has 0 spiro atoms. The van der Waals surface area contributed by atoms with Crippen LogP contribution in [0.5, 0.6) is 11.6 Å². The number of nitrogens with one attached hydrogen (secondary N) is 2. The van der Waals surface area contributed by atoms with Crippen LogP contribution in [0.15, 0.2) is 55.1 Å². The van der Waals surface area contributed by atoms with Crippen molar-refractivity contribution in [2.24, 2.45) is 0 Å². The second-order valence-corrected chi connectivity index (χ2v) is 4.20. The molecule has 102 valence electrons. The number of anilines is 1. The van der Waals surface area contributed by atoms with Gasteiger partial charge in [0.15, 0.2) is 10.9 Å². The van der Waals surface area contributed by atoms with Gasteiger partial charge in [-0.25, -0.2) is 0 Å². The molecule has 1 heterocycles. The lowest BCUT2D eigenvalue weighted by Crippen LogP contribution is -2.28. The maximum Gasteiger partial charge on any atom is 0.238 e. The summed E-state index contributed by atoms with van der Waals surface area (Å²) in [6.07, 6.45) is 1.72. The summed E-state index contributed by atoms with van der Waals surface area (Å²) < 4.78 is 5.54. The molecule has 6 heteroatoms. The van der Waals surface area contributed by atoms with Crippen molar-refractivity contribution in [3.8, 4) is 11.6 Å². The van der Waals surface area contributed by atoms with Crippen molar-refractivity contribution in [3.63, 3.8) is 0 Å². The van der Waals surface area contributed by atoms with E-state index in [1.54, 1.807) is 18.2 Å². The molecule has 1 aromatic heterocycles. The van der Waals surface area contributed by atoms with Crippen LogP contribution < -0.4 is 15.4 Å². The van der Waals surface area contributed by atoms with E-state index in [0.29, 0.717) is 29.1 Å². The lowest BCUT2D eigenvalue weighted by atomic mass is 10.3. The van der Waals surface area contributed by atoms with Gasteiger partial charge in [0.25, 0.3) is 0 Å². The SMILES string of the molecule is C=CCNC(=S)Nc1ccc(Oc2ccccc2)nn1. The van der Waals surface area contributed by atoms with Gasteiger partial charge in [0.1, 0.15) is 5.75 Å². The van der Waals surface area contributed by atoms with E-state index >= 15 is 0 Å². The number of hydrogen-bond donors (Lipinski definition) is 2. The number of para-hydroxylation sites is 1. The Morgan fingerprint density at radius 3 is 2.65 bits per heavy atom. The van der Waals surface area contributed by atoms with Crippen LogP contribution in [-0.2, 0) is 0 Å². The van der Waals surface area contributed by atoms with Crippen molar-refractivity contribution >= 4 is 23.1 Å². The van der Waals surface area contributed by atoms with Gasteiger partial charge in [-0.3, -0.25) is 0 Å². The summed E-state index contributed by atoms with van der Waals surface area (Å²) in [4.78, 5) is 0. The molecule has 20 heavy (non-hydrogen) atoms. The highest BCUT2D eigenvalue weighted by atomic mass is 32.1. The Labute approximate surface area is 122 Å². The van der Waals surface area contributed by atoms with Crippen LogP contribution in [0.1, 0.15) is 0 Å². The first-order valence-corrected chi connectivity index (χ1v) is 6.41. The third kappa shape index (κ3) is 4.33. The van der Waals surface area contributed by atoms with Gasteiger partial charge in [0, 0.05) is 12.6 Å². The van der Waals surface area contributed by atoms with Crippen molar-refractivity contribution in [1.82, 2.24) is 15.5 Å². The van der Waals surface area contributed by atoms with E-state index in [4.69, 9.17) is 17.0 Å². The van der Waals surface area contributed by atoms with Gasteiger partial charge in [0.2, 0.25) is 5.88 Å². The molecule has 0 bridgehead atoms. The van der Waals surface area contributed by atoms with Crippen LogP contribution in [0.25, 0.3) is 0 Å². The number of nitrogens with zero attached hydrogens (tertiary/aromatic N) is 2. The van der Waals surface area contributed by atoms with Crippen LogP contribution in [-0.4, -0.2) is 21.9 Å². The number of aromatic nitrogens is 2. The molecule has 5 nitrogen and oxygen atoms in total. The zero-order valence-electron chi connectivity index (χ0n) is 10.7. The van der Waals surface area contributed by atoms with Crippen molar-refractivity contribution < 1.29 is 4.74 Å². The summed E-state index contributed by atoms with van der Waals surface area (Å²) in [5.74, 6) is 1.68. The van der Waals surface area contributed by atoms with E-state index in [-0.39, 0.29) is 0 Å². The van der Waals surface area contributed by atoms with Gasteiger partial charge in [-0.15, -0.1) is 16.8 Å². The lowest BCUT2D eigenvalue weighted by Gasteiger charge is -2.08. The standard InChI is InChI=1S/C14H14N4OS/c1-2-10-15-14(20)16-12-8-9-13(18-17-12)19-11-6-4-3-5-7-11/h2-9H,1,10H2,(H2,15,16,17,20). The Morgan fingerprint density at radius 2 is 2.00 bits per heavy atom. The average molecular weight is 286 g/mol. The van der Waals surface area contributed by atoms with E-state index < -0.39 is 0 Å². The maximum absolute atomic E-state index is 5.54. The van der Waals surface area contributed by atoms with Crippen LogP contribution >= 0.6 is 12.2 Å². The third-order valence-electron chi connectivity index (χ3n) is 2.25. The minimum Gasteiger partial charge on any atom is -0.438 e. The fourth-order valence-corrected chi connectivity index (χ4v) is 1.56. The van der Waals surface area contributed by atoms with E-state index in [0.717, 1.165) is 0 Å².